The van der Waals surface area contributed by atoms with Crippen LogP contribution >= 0.6 is 80.7 Å². The van der Waals surface area contributed by atoms with E-state index in [0.717, 1.165) is 41.9 Å². The Morgan fingerprint density at radius 3 is 2.14 bits per heavy atom. The minimum absolute atomic E-state index is 0.149. The van der Waals surface area contributed by atoms with E-state index in [2.05, 4.69) is 25.3 Å². The van der Waals surface area contributed by atoms with E-state index in [9.17, 15) is 0 Å². The quantitative estimate of drug-likeness (QED) is 0.160. The molecule has 0 spiro atoms. The number of nitrogens with zero attached hydrogens (tertiary/aromatic N) is 4. The van der Waals surface area contributed by atoms with Gasteiger partial charge in [-0.1, -0.05) is 40.9 Å². The number of halogens is 5. The molecular formula is C22H14Cl5N5O2S2. The van der Waals surface area contributed by atoms with Gasteiger partial charge in [-0.25, -0.2) is 19.9 Å². The summed E-state index contributed by atoms with van der Waals surface area (Å²) < 4.78 is 10.7. The van der Waals surface area contributed by atoms with Gasteiger partial charge in [-0.05, 0) is 54.7 Å². The minimum Gasteiger partial charge on any atom is -0.454 e. The molecule has 0 unspecified atom stereocenters. The van der Waals surface area contributed by atoms with E-state index in [1.807, 2.05) is 32.0 Å². The molecule has 186 valence electrons. The molecule has 0 fully saturated rings. The fourth-order valence-corrected chi connectivity index (χ4v) is 6.81. The molecule has 1 aromatic carbocycles. The lowest BCUT2D eigenvalue weighted by molar-refractivity contribution is 0.174. The molecular weight excluding hydrogens is 608 g/mol. The number of fused-ring (bicyclic) bond motifs is 3. The van der Waals surface area contributed by atoms with Crippen molar-refractivity contribution in [3.05, 3.63) is 59.3 Å². The van der Waals surface area contributed by atoms with Crippen LogP contribution in [-0.4, -0.2) is 26.7 Å². The fourth-order valence-electron chi connectivity index (χ4n) is 3.43. The summed E-state index contributed by atoms with van der Waals surface area (Å²) in [4.78, 5) is 19.8. The zero-order valence-electron chi connectivity index (χ0n) is 18.5. The van der Waals surface area contributed by atoms with Gasteiger partial charge in [-0.3, -0.25) is 0 Å². The molecule has 4 aromatic heterocycles. The van der Waals surface area contributed by atoms with Crippen molar-refractivity contribution >= 4 is 107 Å². The molecule has 0 amide bonds. The van der Waals surface area contributed by atoms with E-state index in [4.69, 9.17) is 67.5 Å². The van der Waals surface area contributed by atoms with Crippen molar-refractivity contribution < 1.29 is 9.47 Å². The Morgan fingerprint density at radius 2 is 1.42 bits per heavy atom. The van der Waals surface area contributed by atoms with E-state index in [1.54, 1.807) is 0 Å². The lowest BCUT2D eigenvalue weighted by atomic mass is 10.2. The third-order valence-corrected chi connectivity index (χ3v) is 8.89. The normalized spacial score (nSPS) is 12.2. The van der Waals surface area contributed by atoms with Crippen LogP contribution < -0.4 is 14.8 Å². The molecule has 0 aliphatic carbocycles. The van der Waals surface area contributed by atoms with Gasteiger partial charge < -0.3 is 14.8 Å². The second-order valence-electron chi connectivity index (χ2n) is 7.47. The SMILES string of the molecule is Cc1sc2nc(Cl)nc(Cl)c2c1Cl.Cc1sc2nc(Cl)nc(NCc3ccc4c(c3)OCO4)c2c1Cl. The van der Waals surface area contributed by atoms with E-state index in [-0.39, 0.29) is 17.4 Å². The molecule has 6 rings (SSSR count). The monoisotopic (exact) mass is 619 g/mol. The van der Waals surface area contributed by atoms with Crippen molar-refractivity contribution in [2.45, 2.75) is 20.4 Å². The predicted molar refractivity (Wildman–Crippen MR) is 149 cm³/mol. The first-order valence-electron chi connectivity index (χ1n) is 10.2. The number of hydrogen-bond donors (Lipinski definition) is 1. The molecule has 5 aromatic rings. The van der Waals surface area contributed by atoms with E-state index < -0.39 is 0 Å². The van der Waals surface area contributed by atoms with Crippen LogP contribution in [0.15, 0.2) is 18.2 Å². The number of hydrogen-bond acceptors (Lipinski definition) is 9. The van der Waals surface area contributed by atoms with E-state index in [1.165, 1.54) is 22.7 Å². The summed E-state index contributed by atoms with van der Waals surface area (Å²) in [6.07, 6.45) is 0. The Kier molecular flexibility index (Phi) is 7.51. The second-order valence-corrected chi connectivity index (χ2v) is 11.7. The van der Waals surface area contributed by atoms with E-state index >= 15 is 0 Å². The maximum atomic E-state index is 6.37. The number of nitrogens with one attached hydrogen (secondary N) is 1. The molecule has 7 nitrogen and oxygen atoms in total. The number of ether oxygens (including phenoxy) is 2. The first kappa shape index (κ1) is 25.8. The fraction of sp³-hybridized carbons (Fsp3) is 0.182. The molecule has 14 heteroatoms. The smallest absolute Gasteiger partial charge is 0.231 e. The van der Waals surface area contributed by atoms with Crippen molar-refractivity contribution in [3.8, 4) is 11.5 Å². The predicted octanol–water partition coefficient (Wildman–Crippen LogP) is 8.61. The highest BCUT2D eigenvalue weighted by Crippen LogP contribution is 2.39. The van der Waals surface area contributed by atoms with Crippen molar-refractivity contribution in [3.63, 3.8) is 0 Å². The number of benzene rings is 1. The molecule has 0 radical (unpaired) electrons. The van der Waals surface area contributed by atoms with Gasteiger partial charge in [-0.2, -0.15) is 0 Å². The largest absolute Gasteiger partial charge is 0.454 e. The number of aromatic nitrogens is 4. The summed E-state index contributed by atoms with van der Waals surface area (Å²) in [6, 6.07) is 5.81. The average Bonchev–Trinajstić information content (AvgIpc) is 3.48. The molecule has 0 saturated heterocycles. The topological polar surface area (TPSA) is 82.1 Å². The zero-order valence-corrected chi connectivity index (χ0v) is 23.9. The Hall–Kier alpha value is -1.85. The molecule has 0 bridgehead atoms. The highest BCUT2D eigenvalue weighted by atomic mass is 35.5. The van der Waals surface area contributed by atoms with Gasteiger partial charge in [-0.15, -0.1) is 22.7 Å². The zero-order chi connectivity index (χ0) is 25.6. The summed E-state index contributed by atoms with van der Waals surface area (Å²) in [5.41, 5.74) is 1.04. The van der Waals surface area contributed by atoms with Crippen LogP contribution in [0.3, 0.4) is 0 Å². The van der Waals surface area contributed by atoms with Gasteiger partial charge in [0.25, 0.3) is 0 Å². The summed E-state index contributed by atoms with van der Waals surface area (Å²) in [5.74, 6) is 2.14. The van der Waals surface area contributed by atoms with Gasteiger partial charge in [0.15, 0.2) is 11.5 Å². The van der Waals surface area contributed by atoms with Gasteiger partial charge >= 0.3 is 0 Å². The van der Waals surface area contributed by atoms with Crippen LogP contribution in [0.5, 0.6) is 11.5 Å². The summed E-state index contributed by atoms with van der Waals surface area (Å²) >= 11 is 32.8. The highest BCUT2D eigenvalue weighted by molar-refractivity contribution is 7.19. The van der Waals surface area contributed by atoms with Crippen molar-refractivity contribution in [1.82, 2.24) is 19.9 Å². The molecule has 5 heterocycles. The summed E-state index contributed by atoms with van der Waals surface area (Å²) in [5, 5.41) is 6.71. The number of rotatable bonds is 3. The van der Waals surface area contributed by atoms with Crippen molar-refractivity contribution in [1.29, 1.82) is 0 Å². The third kappa shape index (κ3) is 5.11. The molecule has 0 saturated carbocycles. The van der Waals surface area contributed by atoms with Crippen LogP contribution in [0.4, 0.5) is 5.82 Å². The van der Waals surface area contributed by atoms with Gasteiger partial charge in [0.2, 0.25) is 17.4 Å². The second kappa shape index (κ2) is 10.5. The summed E-state index contributed by atoms with van der Waals surface area (Å²) in [7, 11) is 0. The van der Waals surface area contributed by atoms with Crippen LogP contribution in [0.2, 0.25) is 25.8 Å². The minimum atomic E-state index is 0.149. The maximum absolute atomic E-state index is 6.37. The standard InChI is InChI=1S/C15H11Cl2N3O2S.C7H3Cl3N2S/c1-7-12(16)11-13(19-15(17)20-14(11)23-7)18-5-8-2-3-9-10(4-8)22-6-21-9;1-2-4(8)3-5(9)11-7(10)12-6(3)13-2/h2-4H,5-6H2,1H3,(H,18,19,20);1H3. The van der Waals surface area contributed by atoms with Crippen molar-refractivity contribution in [2.24, 2.45) is 0 Å². The Labute approximate surface area is 238 Å². The first-order chi connectivity index (χ1) is 17.2. The van der Waals surface area contributed by atoms with Crippen LogP contribution in [0, 0.1) is 13.8 Å². The molecule has 36 heavy (non-hydrogen) atoms. The van der Waals surface area contributed by atoms with Gasteiger partial charge in [0, 0.05) is 16.3 Å². The van der Waals surface area contributed by atoms with Gasteiger partial charge in [0.05, 0.1) is 20.8 Å². The number of aryl methyl sites for hydroxylation is 2. The summed E-state index contributed by atoms with van der Waals surface area (Å²) in [6.45, 7) is 4.67. The van der Waals surface area contributed by atoms with Crippen LogP contribution in [0.25, 0.3) is 20.4 Å². The Balaban J connectivity index is 0.000000174. The first-order valence-corrected chi connectivity index (χ1v) is 13.8. The molecule has 1 N–H and O–H groups in total. The molecule has 1 aliphatic rings. The molecule has 1 aliphatic heterocycles. The lowest BCUT2D eigenvalue weighted by Crippen LogP contribution is -2.02. The van der Waals surface area contributed by atoms with E-state index in [0.29, 0.717) is 32.9 Å². The Bertz CT molecular complexity index is 1620. The lowest BCUT2D eigenvalue weighted by Gasteiger charge is -2.08. The third-order valence-electron chi connectivity index (χ3n) is 5.11. The number of thiophene rings is 2. The maximum Gasteiger partial charge on any atom is 0.231 e. The average molecular weight is 622 g/mol. The van der Waals surface area contributed by atoms with Crippen molar-refractivity contribution in [2.75, 3.05) is 12.1 Å². The Morgan fingerprint density at radius 1 is 0.806 bits per heavy atom. The number of anilines is 1. The van der Waals surface area contributed by atoms with Crippen LogP contribution in [-0.2, 0) is 6.54 Å². The highest BCUT2D eigenvalue weighted by Gasteiger charge is 2.17. The van der Waals surface area contributed by atoms with Crippen LogP contribution in [0.1, 0.15) is 15.3 Å². The van der Waals surface area contributed by atoms with Gasteiger partial charge in [0.1, 0.15) is 20.6 Å². The molecule has 0 atom stereocenters.